The number of piperidine rings is 1. The van der Waals surface area contributed by atoms with Crippen LogP contribution in [0.15, 0.2) is 24.3 Å². The maximum atomic E-state index is 12.7. The first-order valence-corrected chi connectivity index (χ1v) is 5.65. The molecule has 4 nitrogen and oxygen atoms in total. The van der Waals surface area contributed by atoms with Gasteiger partial charge in [0.2, 0.25) is 0 Å². The molecule has 1 aliphatic rings. The first-order chi connectivity index (χ1) is 8.15. The van der Waals surface area contributed by atoms with Crippen molar-refractivity contribution in [3.05, 3.63) is 30.1 Å². The Hall–Kier alpha value is -1.62. The summed E-state index contributed by atoms with van der Waals surface area (Å²) < 4.78 is 12.7. The van der Waals surface area contributed by atoms with Crippen molar-refractivity contribution in [2.45, 2.75) is 18.9 Å². The monoisotopic (exact) mass is 238 g/mol. The van der Waals surface area contributed by atoms with Crippen molar-refractivity contribution in [2.24, 2.45) is 0 Å². The number of halogens is 1. The summed E-state index contributed by atoms with van der Waals surface area (Å²) in [5.41, 5.74) is 0.572. The van der Waals surface area contributed by atoms with Gasteiger partial charge in [0.05, 0.1) is 6.10 Å². The van der Waals surface area contributed by atoms with Gasteiger partial charge in [-0.1, -0.05) is 0 Å². The van der Waals surface area contributed by atoms with E-state index in [0.717, 1.165) is 0 Å². The maximum absolute atomic E-state index is 12.7. The van der Waals surface area contributed by atoms with Gasteiger partial charge < -0.3 is 15.3 Å². The number of amides is 2. The number of urea groups is 1. The molecule has 17 heavy (non-hydrogen) atoms. The molecule has 1 aromatic carbocycles. The molecule has 2 N–H and O–H groups in total. The Morgan fingerprint density at radius 3 is 2.47 bits per heavy atom. The van der Waals surface area contributed by atoms with Crippen LogP contribution >= 0.6 is 0 Å². The van der Waals surface area contributed by atoms with Crippen molar-refractivity contribution in [2.75, 3.05) is 18.4 Å². The normalized spacial score (nSPS) is 16.9. The van der Waals surface area contributed by atoms with Crippen LogP contribution in [0.3, 0.4) is 0 Å². The number of rotatable bonds is 1. The van der Waals surface area contributed by atoms with Gasteiger partial charge in [0.1, 0.15) is 5.82 Å². The van der Waals surface area contributed by atoms with Gasteiger partial charge in [0.15, 0.2) is 0 Å². The highest BCUT2D eigenvalue weighted by Gasteiger charge is 2.20. The van der Waals surface area contributed by atoms with Crippen LogP contribution in [0.1, 0.15) is 12.8 Å². The molecule has 1 saturated heterocycles. The zero-order valence-corrected chi connectivity index (χ0v) is 9.40. The molecule has 2 amide bonds. The number of nitrogens with one attached hydrogen (secondary N) is 1. The minimum Gasteiger partial charge on any atom is -0.393 e. The van der Waals surface area contributed by atoms with Crippen molar-refractivity contribution in [3.63, 3.8) is 0 Å². The first-order valence-electron chi connectivity index (χ1n) is 5.65. The second kappa shape index (κ2) is 5.14. The van der Waals surface area contributed by atoms with E-state index in [2.05, 4.69) is 5.32 Å². The lowest BCUT2D eigenvalue weighted by Gasteiger charge is -2.29. The van der Waals surface area contributed by atoms with E-state index in [0.29, 0.717) is 31.6 Å². The van der Waals surface area contributed by atoms with Crippen LogP contribution in [0, 0.1) is 5.82 Å². The molecule has 0 aliphatic carbocycles. The Bertz CT molecular complexity index is 386. The summed E-state index contributed by atoms with van der Waals surface area (Å²) in [4.78, 5) is 13.4. The van der Waals surface area contributed by atoms with Gasteiger partial charge in [-0.05, 0) is 37.1 Å². The summed E-state index contributed by atoms with van der Waals surface area (Å²) in [6, 6.07) is 5.44. The summed E-state index contributed by atoms with van der Waals surface area (Å²) in [7, 11) is 0. The number of anilines is 1. The Balaban J connectivity index is 1.90. The van der Waals surface area contributed by atoms with Crippen LogP contribution in [0.5, 0.6) is 0 Å². The SMILES string of the molecule is O=C(Nc1ccc(F)cc1)N1CCC(O)CC1. The van der Waals surface area contributed by atoms with Gasteiger partial charge in [-0.15, -0.1) is 0 Å². The molecule has 1 aliphatic heterocycles. The van der Waals surface area contributed by atoms with Crippen molar-refractivity contribution >= 4 is 11.7 Å². The van der Waals surface area contributed by atoms with Gasteiger partial charge in [0, 0.05) is 18.8 Å². The van der Waals surface area contributed by atoms with Gasteiger partial charge in [0.25, 0.3) is 0 Å². The largest absolute Gasteiger partial charge is 0.393 e. The second-order valence-corrected chi connectivity index (χ2v) is 4.16. The number of hydrogen-bond donors (Lipinski definition) is 2. The lowest BCUT2D eigenvalue weighted by atomic mass is 10.1. The molecular weight excluding hydrogens is 223 g/mol. The van der Waals surface area contributed by atoms with Crippen LogP contribution in [0.4, 0.5) is 14.9 Å². The number of hydrogen-bond acceptors (Lipinski definition) is 2. The maximum Gasteiger partial charge on any atom is 0.321 e. The Kier molecular flexibility index (Phi) is 3.58. The number of carbonyl (C=O) groups excluding carboxylic acids is 1. The number of nitrogens with zero attached hydrogens (tertiary/aromatic N) is 1. The highest BCUT2D eigenvalue weighted by Crippen LogP contribution is 2.13. The molecule has 92 valence electrons. The summed E-state index contributed by atoms with van der Waals surface area (Å²) in [5, 5.41) is 12.0. The average Bonchev–Trinajstić information content (AvgIpc) is 2.33. The molecule has 0 saturated carbocycles. The zero-order chi connectivity index (χ0) is 12.3. The second-order valence-electron chi connectivity index (χ2n) is 4.16. The van der Waals surface area contributed by atoms with Gasteiger partial charge in [-0.25, -0.2) is 9.18 Å². The summed E-state index contributed by atoms with van der Waals surface area (Å²) in [6.45, 7) is 1.10. The van der Waals surface area contributed by atoms with Crippen LogP contribution in [0.2, 0.25) is 0 Å². The van der Waals surface area contributed by atoms with Crippen molar-refractivity contribution in [1.29, 1.82) is 0 Å². The minimum atomic E-state index is -0.330. The number of benzene rings is 1. The van der Waals surface area contributed by atoms with Crippen LogP contribution < -0.4 is 5.32 Å². The summed E-state index contributed by atoms with van der Waals surface area (Å²) in [6.07, 6.45) is 0.915. The van der Waals surface area contributed by atoms with Crippen LogP contribution in [-0.2, 0) is 0 Å². The lowest BCUT2D eigenvalue weighted by Crippen LogP contribution is -2.42. The van der Waals surface area contributed by atoms with Crippen molar-refractivity contribution in [3.8, 4) is 0 Å². The van der Waals surface area contributed by atoms with Gasteiger partial charge in [-0.3, -0.25) is 0 Å². The van der Waals surface area contributed by atoms with E-state index in [4.69, 9.17) is 0 Å². The highest BCUT2D eigenvalue weighted by atomic mass is 19.1. The smallest absolute Gasteiger partial charge is 0.321 e. The van der Waals surface area contributed by atoms with E-state index in [1.54, 1.807) is 4.90 Å². The standard InChI is InChI=1S/C12H15FN2O2/c13-9-1-3-10(4-2-9)14-12(17)15-7-5-11(16)6-8-15/h1-4,11,16H,5-8H2,(H,14,17). The first kappa shape index (κ1) is 11.9. The topological polar surface area (TPSA) is 52.6 Å². The third-order valence-corrected chi connectivity index (χ3v) is 2.85. The molecule has 1 heterocycles. The van der Waals surface area contributed by atoms with E-state index in [-0.39, 0.29) is 18.0 Å². The number of carbonyl (C=O) groups is 1. The molecule has 0 unspecified atom stereocenters. The lowest BCUT2D eigenvalue weighted by molar-refractivity contribution is 0.0972. The summed E-state index contributed by atoms with van der Waals surface area (Å²) >= 11 is 0. The van der Waals surface area contributed by atoms with Crippen LogP contribution in [0.25, 0.3) is 0 Å². The van der Waals surface area contributed by atoms with Gasteiger partial charge >= 0.3 is 6.03 Å². The highest BCUT2D eigenvalue weighted by molar-refractivity contribution is 5.89. The third-order valence-electron chi connectivity index (χ3n) is 2.85. The molecule has 0 aromatic heterocycles. The number of aliphatic hydroxyl groups is 1. The third kappa shape index (κ3) is 3.17. The Morgan fingerprint density at radius 2 is 1.88 bits per heavy atom. The molecular formula is C12H15FN2O2. The number of aliphatic hydroxyl groups excluding tert-OH is 1. The fourth-order valence-corrected chi connectivity index (χ4v) is 1.80. The molecule has 1 fully saturated rings. The molecule has 0 atom stereocenters. The van der Waals surface area contributed by atoms with E-state index in [1.165, 1.54) is 24.3 Å². The van der Waals surface area contributed by atoms with E-state index >= 15 is 0 Å². The van der Waals surface area contributed by atoms with E-state index < -0.39 is 0 Å². The predicted molar refractivity (Wildman–Crippen MR) is 62.2 cm³/mol. The molecule has 1 aromatic rings. The molecule has 2 rings (SSSR count). The molecule has 0 bridgehead atoms. The van der Waals surface area contributed by atoms with E-state index in [1.807, 2.05) is 0 Å². The average molecular weight is 238 g/mol. The summed E-state index contributed by atoms with van der Waals surface area (Å²) in [5.74, 6) is -0.330. The fourth-order valence-electron chi connectivity index (χ4n) is 1.80. The van der Waals surface area contributed by atoms with E-state index in [9.17, 15) is 14.3 Å². The Morgan fingerprint density at radius 1 is 1.29 bits per heavy atom. The minimum absolute atomic E-state index is 0.205. The quantitative estimate of drug-likeness (QED) is 0.784. The molecule has 0 spiro atoms. The van der Waals surface area contributed by atoms with Gasteiger partial charge in [-0.2, -0.15) is 0 Å². The molecule has 0 radical (unpaired) electrons. The number of likely N-dealkylation sites (tertiary alicyclic amines) is 1. The molecule has 5 heteroatoms. The van der Waals surface area contributed by atoms with Crippen molar-refractivity contribution < 1.29 is 14.3 Å². The zero-order valence-electron chi connectivity index (χ0n) is 9.40. The predicted octanol–water partition coefficient (Wildman–Crippen LogP) is 1.81. The van der Waals surface area contributed by atoms with Crippen molar-refractivity contribution in [1.82, 2.24) is 4.90 Å². The Labute approximate surface area is 99.0 Å². The van der Waals surface area contributed by atoms with Crippen LogP contribution in [-0.4, -0.2) is 35.2 Å². The fraction of sp³-hybridized carbons (Fsp3) is 0.417.